The maximum absolute atomic E-state index is 4.24. The second-order valence-corrected chi connectivity index (χ2v) is 6.00. The number of rotatable bonds is 6. The highest BCUT2D eigenvalue weighted by molar-refractivity contribution is 8.00. The van der Waals surface area contributed by atoms with Gasteiger partial charge in [0.2, 0.25) is 0 Å². The Labute approximate surface area is 119 Å². The molecule has 0 bridgehead atoms. The number of anilines is 1. The Bertz CT molecular complexity index is 524. The molecular formula is C15H21N3S. The van der Waals surface area contributed by atoms with Crippen LogP contribution in [0.25, 0.3) is 10.8 Å². The molecule has 0 aliphatic rings. The van der Waals surface area contributed by atoms with E-state index in [1.165, 1.54) is 0 Å². The second-order valence-electron chi connectivity index (χ2n) is 4.73. The molecule has 1 aromatic carbocycles. The lowest BCUT2D eigenvalue weighted by Crippen LogP contribution is -2.32. The predicted molar refractivity (Wildman–Crippen MR) is 84.9 cm³/mol. The van der Waals surface area contributed by atoms with E-state index in [0.717, 1.165) is 36.0 Å². The van der Waals surface area contributed by atoms with Gasteiger partial charge in [-0.05, 0) is 19.1 Å². The zero-order valence-corrected chi connectivity index (χ0v) is 12.6. The summed E-state index contributed by atoms with van der Waals surface area (Å²) >= 11 is 1.93. The third-order valence-corrected chi connectivity index (χ3v) is 5.46. The average molecular weight is 275 g/mol. The van der Waals surface area contributed by atoms with Crippen LogP contribution in [0.15, 0.2) is 30.5 Å². The van der Waals surface area contributed by atoms with E-state index in [2.05, 4.69) is 47.8 Å². The van der Waals surface area contributed by atoms with Crippen molar-refractivity contribution in [3.63, 3.8) is 0 Å². The summed E-state index contributed by atoms with van der Waals surface area (Å²) in [6.45, 7) is 5.41. The second kappa shape index (κ2) is 6.24. The van der Waals surface area contributed by atoms with Crippen molar-refractivity contribution in [2.75, 3.05) is 18.1 Å². The molecule has 1 N–H and O–H groups in total. The summed E-state index contributed by atoms with van der Waals surface area (Å²) in [6, 6.07) is 8.22. The molecule has 3 nitrogen and oxygen atoms in total. The average Bonchev–Trinajstić information content (AvgIpc) is 2.49. The highest BCUT2D eigenvalue weighted by Crippen LogP contribution is 2.31. The first-order valence-electron chi connectivity index (χ1n) is 6.74. The zero-order chi connectivity index (χ0) is 13.7. The molecule has 0 saturated heterocycles. The van der Waals surface area contributed by atoms with Crippen LogP contribution in [-0.2, 0) is 0 Å². The summed E-state index contributed by atoms with van der Waals surface area (Å²) in [5.41, 5.74) is 0. The fraction of sp³-hybridized carbons (Fsp3) is 0.467. The Morgan fingerprint density at radius 3 is 2.63 bits per heavy atom. The van der Waals surface area contributed by atoms with Crippen LogP contribution in [-0.4, -0.2) is 27.7 Å². The van der Waals surface area contributed by atoms with Gasteiger partial charge in [0, 0.05) is 22.1 Å². The number of hydrogen-bond acceptors (Lipinski definition) is 4. The number of aromatic nitrogens is 2. The summed E-state index contributed by atoms with van der Waals surface area (Å²) < 4.78 is 0.276. The monoisotopic (exact) mass is 275 g/mol. The normalized spacial score (nSPS) is 11.7. The molecule has 0 fully saturated rings. The highest BCUT2D eigenvalue weighted by Gasteiger charge is 2.24. The molecule has 0 spiro atoms. The lowest BCUT2D eigenvalue weighted by Gasteiger charge is -2.30. The van der Waals surface area contributed by atoms with Crippen LogP contribution in [0.2, 0.25) is 0 Å². The molecule has 19 heavy (non-hydrogen) atoms. The van der Waals surface area contributed by atoms with E-state index in [1.807, 2.05) is 30.1 Å². The van der Waals surface area contributed by atoms with Crippen LogP contribution in [0.3, 0.4) is 0 Å². The van der Waals surface area contributed by atoms with Gasteiger partial charge in [-0.3, -0.25) is 0 Å². The van der Waals surface area contributed by atoms with E-state index in [1.54, 1.807) is 0 Å². The van der Waals surface area contributed by atoms with Crippen LogP contribution in [0.4, 0.5) is 5.82 Å². The van der Waals surface area contributed by atoms with Crippen molar-refractivity contribution in [2.45, 2.75) is 31.4 Å². The number of fused-ring (bicyclic) bond motifs is 1. The topological polar surface area (TPSA) is 37.8 Å². The molecule has 1 heterocycles. The fourth-order valence-corrected chi connectivity index (χ4v) is 3.06. The molecule has 2 aromatic rings. The predicted octanol–water partition coefficient (Wildman–Crippen LogP) is 3.96. The van der Waals surface area contributed by atoms with Gasteiger partial charge in [-0.15, -0.1) is 5.10 Å². The van der Waals surface area contributed by atoms with Crippen LogP contribution < -0.4 is 5.32 Å². The lowest BCUT2D eigenvalue weighted by molar-refractivity contribution is 0.574. The first kappa shape index (κ1) is 14.1. The third-order valence-electron chi connectivity index (χ3n) is 3.87. The minimum Gasteiger partial charge on any atom is -0.367 e. The first-order valence-corrected chi connectivity index (χ1v) is 7.96. The minimum absolute atomic E-state index is 0.276. The Morgan fingerprint density at radius 1 is 1.21 bits per heavy atom. The van der Waals surface area contributed by atoms with Crippen molar-refractivity contribution in [3.05, 3.63) is 30.5 Å². The van der Waals surface area contributed by atoms with Gasteiger partial charge in [0.1, 0.15) is 0 Å². The summed E-state index contributed by atoms with van der Waals surface area (Å²) in [5, 5.41) is 14.1. The largest absolute Gasteiger partial charge is 0.367 e. The summed E-state index contributed by atoms with van der Waals surface area (Å²) in [5.74, 6) is 0.887. The van der Waals surface area contributed by atoms with Crippen molar-refractivity contribution in [1.82, 2.24) is 10.2 Å². The Morgan fingerprint density at radius 2 is 1.95 bits per heavy atom. The molecule has 0 atom stereocenters. The van der Waals surface area contributed by atoms with E-state index in [0.29, 0.717) is 0 Å². The lowest BCUT2D eigenvalue weighted by atomic mass is 10.0. The van der Waals surface area contributed by atoms with E-state index in [9.17, 15) is 0 Å². The smallest absolute Gasteiger partial charge is 0.156 e. The fourth-order valence-electron chi connectivity index (χ4n) is 2.26. The number of hydrogen-bond donors (Lipinski definition) is 1. The Balaban J connectivity index is 2.22. The maximum atomic E-state index is 4.24. The van der Waals surface area contributed by atoms with Crippen molar-refractivity contribution in [2.24, 2.45) is 0 Å². The Hall–Kier alpha value is -1.29. The number of thioether (sulfide) groups is 1. The van der Waals surface area contributed by atoms with Gasteiger partial charge in [0.05, 0.1) is 6.20 Å². The molecule has 0 unspecified atom stereocenters. The molecule has 0 saturated carbocycles. The molecule has 0 aliphatic carbocycles. The first-order chi connectivity index (χ1) is 9.24. The number of nitrogens with one attached hydrogen (secondary N) is 1. The summed E-state index contributed by atoms with van der Waals surface area (Å²) in [6.07, 6.45) is 6.29. The summed E-state index contributed by atoms with van der Waals surface area (Å²) in [4.78, 5) is 0. The van der Waals surface area contributed by atoms with Crippen molar-refractivity contribution in [3.8, 4) is 0 Å². The Kier molecular flexibility index (Phi) is 4.64. The molecule has 0 aliphatic heterocycles. The number of benzene rings is 1. The van der Waals surface area contributed by atoms with Crippen LogP contribution in [0.1, 0.15) is 26.7 Å². The number of nitrogens with zero attached hydrogens (tertiary/aromatic N) is 2. The van der Waals surface area contributed by atoms with Gasteiger partial charge in [-0.25, -0.2) is 0 Å². The molecule has 2 rings (SSSR count). The van der Waals surface area contributed by atoms with Crippen LogP contribution in [0, 0.1) is 0 Å². The van der Waals surface area contributed by atoms with E-state index < -0.39 is 0 Å². The standard InChI is InChI=1S/C15H21N3S/c1-4-15(5-2,19-3)11-16-14-13-9-7-6-8-12(13)10-17-18-14/h6-10H,4-5,11H2,1-3H3,(H,16,18). The molecule has 0 radical (unpaired) electrons. The molecule has 0 amide bonds. The zero-order valence-electron chi connectivity index (χ0n) is 11.8. The van der Waals surface area contributed by atoms with Crippen molar-refractivity contribution >= 4 is 28.4 Å². The quantitative estimate of drug-likeness (QED) is 0.866. The molecule has 4 heteroatoms. The van der Waals surface area contributed by atoms with Gasteiger partial charge < -0.3 is 5.32 Å². The van der Waals surface area contributed by atoms with Gasteiger partial charge in [-0.1, -0.05) is 38.1 Å². The van der Waals surface area contributed by atoms with E-state index in [-0.39, 0.29) is 4.75 Å². The van der Waals surface area contributed by atoms with E-state index >= 15 is 0 Å². The third kappa shape index (κ3) is 3.00. The van der Waals surface area contributed by atoms with Crippen LogP contribution in [0.5, 0.6) is 0 Å². The molecule has 102 valence electrons. The SMILES string of the molecule is CCC(CC)(CNc1nncc2ccccc12)SC. The summed E-state index contributed by atoms with van der Waals surface area (Å²) in [7, 11) is 0. The minimum atomic E-state index is 0.276. The van der Waals surface area contributed by atoms with Gasteiger partial charge in [0.25, 0.3) is 0 Å². The van der Waals surface area contributed by atoms with Gasteiger partial charge >= 0.3 is 0 Å². The highest BCUT2D eigenvalue weighted by atomic mass is 32.2. The van der Waals surface area contributed by atoms with Gasteiger partial charge in [0.15, 0.2) is 5.82 Å². The molecular weight excluding hydrogens is 254 g/mol. The van der Waals surface area contributed by atoms with Gasteiger partial charge in [-0.2, -0.15) is 16.9 Å². The van der Waals surface area contributed by atoms with Crippen LogP contribution >= 0.6 is 11.8 Å². The van der Waals surface area contributed by atoms with Crippen molar-refractivity contribution in [1.29, 1.82) is 0 Å². The maximum Gasteiger partial charge on any atom is 0.156 e. The van der Waals surface area contributed by atoms with Crippen molar-refractivity contribution < 1.29 is 0 Å². The molecule has 1 aromatic heterocycles. The van der Waals surface area contributed by atoms with E-state index in [4.69, 9.17) is 0 Å².